The summed E-state index contributed by atoms with van der Waals surface area (Å²) in [6.45, 7) is -0.253. The second-order valence-electron chi connectivity index (χ2n) is 1.40. The lowest BCUT2D eigenvalue weighted by Crippen LogP contribution is -2.35. The molecule has 10 heavy (non-hydrogen) atoms. The van der Waals surface area contributed by atoms with E-state index in [1.54, 1.807) is 0 Å². The Morgan fingerprint density at radius 2 is 2.20 bits per heavy atom. The Morgan fingerprint density at radius 1 is 1.60 bits per heavy atom. The molecule has 0 aliphatic heterocycles. The van der Waals surface area contributed by atoms with Gasteiger partial charge in [-0.25, -0.2) is 0 Å². The first-order valence-corrected chi connectivity index (χ1v) is 3.73. The molecule has 0 radical (unpaired) electrons. The quantitative estimate of drug-likeness (QED) is 0.366. The fraction of sp³-hybridized carbons (Fsp3) is 0.500. The Morgan fingerprint density at radius 3 is 2.60 bits per heavy atom. The first kappa shape index (κ1) is 8.03. The van der Waals surface area contributed by atoms with Crippen LogP contribution in [0.5, 0.6) is 0 Å². The zero-order valence-corrected chi connectivity index (χ0v) is 7.65. The average Bonchev–Trinajstić information content (AvgIpc) is 1.82. The molecule has 0 aliphatic carbocycles. The highest BCUT2D eigenvalue weighted by atomic mass is 32.1. The van der Waals surface area contributed by atoms with Crippen LogP contribution in [0.15, 0.2) is 0 Å². The predicted molar refractivity (Wildman–Crippen MR) is 54.4 cm³/mol. The number of nitrogens with two attached hydrogens (primary N) is 1. The topological polar surface area (TPSA) is 50.1 Å². The van der Waals surface area contributed by atoms with E-state index >= 15 is 0 Å². The fourth-order valence-electron chi connectivity index (χ4n) is 0.290. The number of rotatable bonds is 3. The third kappa shape index (κ3) is 7.93. The standard InChI is InChI=1S/C4H9N3S3/c5-3(8)6-1-2-7-4(9)10/h1-2H2,(H3,5,6,8)(H2,7,9,10)/i1D. The van der Waals surface area contributed by atoms with E-state index in [1.165, 1.54) is 0 Å². The molecule has 0 aromatic rings. The third-order valence-corrected chi connectivity index (χ3v) is 1.02. The van der Waals surface area contributed by atoms with E-state index in [1.807, 2.05) is 0 Å². The van der Waals surface area contributed by atoms with E-state index in [-0.39, 0.29) is 5.11 Å². The maximum absolute atomic E-state index is 7.26. The summed E-state index contributed by atoms with van der Waals surface area (Å²) in [6, 6.07) is 0. The lowest BCUT2D eigenvalue weighted by Gasteiger charge is -2.03. The lowest BCUT2D eigenvalue weighted by molar-refractivity contribution is 0.824. The van der Waals surface area contributed by atoms with Gasteiger partial charge in [0, 0.05) is 13.1 Å². The van der Waals surface area contributed by atoms with Crippen molar-refractivity contribution in [2.45, 2.75) is 0 Å². The second kappa shape index (κ2) is 5.70. The molecule has 0 bridgehead atoms. The van der Waals surface area contributed by atoms with Crippen molar-refractivity contribution in [1.82, 2.24) is 10.6 Å². The summed E-state index contributed by atoms with van der Waals surface area (Å²) < 4.78 is 7.61. The van der Waals surface area contributed by atoms with E-state index in [0.717, 1.165) is 0 Å². The molecule has 3 nitrogen and oxygen atoms in total. The van der Waals surface area contributed by atoms with Crippen molar-refractivity contribution in [2.24, 2.45) is 5.73 Å². The van der Waals surface area contributed by atoms with Crippen LogP contribution in [0.3, 0.4) is 0 Å². The van der Waals surface area contributed by atoms with Crippen molar-refractivity contribution in [1.29, 1.82) is 0 Å². The highest BCUT2D eigenvalue weighted by Crippen LogP contribution is 1.74. The monoisotopic (exact) mass is 196 g/mol. The fourth-order valence-corrected chi connectivity index (χ4v) is 0.548. The van der Waals surface area contributed by atoms with Gasteiger partial charge in [0.1, 0.15) is 4.32 Å². The van der Waals surface area contributed by atoms with Gasteiger partial charge in [-0.2, -0.15) is 0 Å². The molecule has 1 unspecified atom stereocenters. The molecule has 0 aromatic heterocycles. The van der Waals surface area contributed by atoms with E-state index < -0.39 is 6.52 Å². The number of hydrogen-bond donors (Lipinski definition) is 4. The van der Waals surface area contributed by atoms with Crippen LogP contribution in [0.25, 0.3) is 0 Å². The maximum Gasteiger partial charge on any atom is 0.163 e. The smallest absolute Gasteiger partial charge is 0.163 e. The minimum Gasteiger partial charge on any atom is -0.376 e. The molecule has 0 heterocycles. The normalized spacial score (nSPS) is 13.1. The summed E-state index contributed by atoms with van der Waals surface area (Å²) in [5, 5.41) is 5.31. The van der Waals surface area contributed by atoms with Gasteiger partial charge in [-0.3, -0.25) is 0 Å². The summed E-state index contributed by atoms with van der Waals surface area (Å²) in [5.41, 5.74) is 5.12. The highest BCUT2D eigenvalue weighted by molar-refractivity contribution is 8.11. The number of hydrogen-bond acceptors (Lipinski definition) is 2. The largest absolute Gasteiger partial charge is 0.376 e. The number of thiol groups is 1. The number of nitrogens with one attached hydrogen (secondary N) is 2. The minimum absolute atomic E-state index is 0.108. The van der Waals surface area contributed by atoms with Crippen LogP contribution in [0.4, 0.5) is 0 Å². The van der Waals surface area contributed by atoms with Gasteiger partial charge in [0.05, 0.1) is 1.37 Å². The predicted octanol–water partition coefficient (Wildman–Crippen LogP) is -0.376. The van der Waals surface area contributed by atoms with Crippen molar-refractivity contribution in [3.05, 3.63) is 0 Å². The van der Waals surface area contributed by atoms with Crippen LogP contribution in [-0.2, 0) is 0 Å². The zero-order valence-electron chi connectivity index (χ0n) is 6.13. The molecule has 0 fully saturated rings. The molecule has 4 N–H and O–H groups in total. The molecule has 58 valence electrons. The van der Waals surface area contributed by atoms with Crippen molar-refractivity contribution in [2.75, 3.05) is 13.1 Å². The van der Waals surface area contributed by atoms with E-state index in [2.05, 4.69) is 47.7 Å². The summed E-state index contributed by atoms with van der Waals surface area (Å²) in [5.74, 6) is 0. The summed E-state index contributed by atoms with van der Waals surface area (Å²) in [6.07, 6.45) is 0. The molecule has 0 amide bonds. The summed E-state index contributed by atoms with van der Waals surface area (Å²) in [7, 11) is 0. The maximum atomic E-state index is 7.26. The Bertz CT molecular complexity index is 163. The molecule has 0 saturated heterocycles. The summed E-state index contributed by atoms with van der Waals surface area (Å²) in [4.78, 5) is 0. The first-order chi connectivity index (χ1) is 5.02. The van der Waals surface area contributed by atoms with Crippen LogP contribution < -0.4 is 16.4 Å². The van der Waals surface area contributed by atoms with Gasteiger partial charge < -0.3 is 16.4 Å². The zero-order chi connectivity index (χ0) is 8.85. The average molecular weight is 196 g/mol. The van der Waals surface area contributed by atoms with E-state index in [9.17, 15) is 0 Å². The van der Waals surface area contributed by atoms with Crippen LogP contribution in [-0.4, -0.2) is 22.5 Å². The Kier molecular flexibility index (Phi) is 4.57. The minimum atomic E-state index is -0.586. The first-order valence-electron chi connectivity index (χ1n) is 3.05. The van der Waals surface area contributed by atoms with Gasteiger partial charge in [-0.05, 0) is 12.2 Å². The van der Waals surface area contributed by atoms with Crippen molar-refractivity contribution in [3.63, 3.8) is 0 Å². The van der Waals surface area contributed by atoms with Gasteiger partial charge in [0.2, 0.25) is 0 Å². The molecule has 1 atom stereocenters. The highest BCUT2D eigenvalue weighted by Gasteiger charge is 1.87. The molecule has 0 rings (SSSR count). The van der Waals surface area contributed by atoms with Gasteiger partial charge in [-0.1, -0.05) is 12.2 Å². The van der Waals surface area contributed by atoms with E-state index in [0.29, 0.717) is 10.9 Å². The van der Waals surface area contributed by atoms with Crippen LogP contribution in [0, 0.1) is 0 Å². The Hall–Kier alpha value is -0.0700. The third-order valence-electron chi connectivity index (χ3n) is 0.600. The second-order valence-corrected chi connectivity index (χ2v) is 3.00. The van der Waals surface area contributed by atoms with Crippen molar-refractivity contribution >= 4 is 46.5 Å². The Balaban J connectivity index is 3.44. The van der Waals surface area contributed by atoms with Crippen molar-refractivity contribution in [3.8, 4) is 0 Å². The van der Waals surface area contributed by atoms with Crippen LogP contribution in [0.1, 0.15) is 1.37 Å². The summed E-state index contributed by atoms with van der Waals surface area (Å²) >= 11 is 12.9. The Labute approximate surface area is 77.6 Å². The molecule has 6 heteroatoms. The molecular weight excluding hydrogens is 186 g/mol. The SMILES string of the molecule is [2H]C(CNC(=S)S)NC(N)=S. The van der Waals surface area contributed by atoms with Gasteiger partial charge in [0.25, 0.3) is 0 Å². The van der Waals surface area contributed by atoms with Crippen LogP contribution >= 0.6 is 37.1 Å². The molecular formula is C4H9N3S3. The lowest BCUT2D eigenvalue weighted by atomic mass is 10.6. The van der Waals surface area contributed by atoms with E-state index in [4.69, 9.17) is 7.10 Å². The molecule has 0 saturated carbocycles. The van der Waals surface area contributed by atoms with Gasteiger partial charge in [0.15, 0.2) is 5.11 Å². The molecule has 0 spiro atoms. The molecule has 0 aromatic carbocycles. The van der Waals surface area contributed by atoms with Gasteiger partial charge in [-0.15, -0.1) is 12.6 Å². The molecule has 0 aliphatic rings. The number of thiocarbonyl (C=S) groups is 2. The van der Waals surface area contributed by atoms with Gasteiger partial charge >= 0.3 is 0 Å². The van der Waals surface area contributed by atoms with Crippen molar-refractivity contribution < 1.29 is 1.37 Å². The van der Waals surface area contributed by atoms with Crippen LogP contribution in [0.2, 0.25) is 0 Å².